The van der Waals surface area contributed by atoms with E-state index >= 15 is 0 Å². The second-order valence-electron chi connectivity index (χ2n) is 4.08. The lowest BCUT2D eigenvalue weighted by Gasteiger charge is -1.95. The molecule has 2 heterocycles. The zero-order valence-electron chi connectivity index (χ0n) is 8.87. The van der Waals surface area contributed by atoms with Gasteiger partial charge in [0.15, 0.2) is 5.76 Å². The number of hydrogen-bond acceptors (Lipinski definition) is 4. The second-order valence-corrected chi connectivity index (χ2v) is 6.36. The predicted molar refractivity (Wildman–Crippen MR) is 69.7 cm³/mol. The molecular formula is C11H10Cl2N2OS. The molecular weight excluding hydrogens is 279 g/mol. The van der Waals surface area contributed by atoms with Gasteiger partial charge in [0.1, 0.15) is 4.34 Å². The molecule has 0 unspecified atom stereocenters. The van der Waals surface area contributed by atoms with Crippen molar-refractivity contribution >= 4 is 34.5 Å². The van der Waals surface area contributed by atoms with Crippen molar-refractivity contribution in [1.82, 2.24) is 10.5 Å². The Balaban J connectivity index is 1.76. The Morgan fingerprint density at radius 3 is 2.88 bits per heavy atom. The van der Waals surface area contributed by atoms with Crippen molar-refractivity contribution in [1.29, 1.82) is 0 Å². The number of thiophene rings is 1. The predicted octanol–water partition coefficient (Wildman–Crippen LogP) is 3.96. The molecule has 0 amide bonds. The van der Waals surface area contributed by atoms with E-state index in [-0.39, 0.29) is 0 Å². The van der Waals surface area contributed by atoms with E-state index in [1.165, 1.54) is 24.2 Å². The van der Waals surface area contributed by atoms with Crippen LogP contribution in [0, 0.1) is 0 Å². The van der Waals surface area contributed by atoms with Crippen LogP contribution in [0.1, 0.15) is 18.5 Å². The summed E-state index contributed by atoms with van der Waals surface area (Å²) in [4.78, 5) is 0. The molecule has 0 bridgehead atoms. The molecule has 0 aliphatic heterocycles. The van der Waals surface area contributed by atoms with Crippen molar-refractivity contribution in [2.45, 2.75) is 25.4 Å². The van der Waals surface area contributed by atoms with Gasteiger partial charge >= 0.3 is 0 Å². The van der Waals surface area contributed by atoms with Gasteiger partial charge in [0.2, 0.25) is 0 Å². The first-order chi connectivity index (χ1) is 8.22. The average Bonchev–Trinajstić information content (AvgIpc) is 2.90. The van der Waals surface area contributed by atoms with Gasteiger partial charge in [-0.05, 0) is 18.9 Å². The van der Waals surface area contributed by atoms with E-state index in [1.807, 2.05) is 6.07 Å². The minimum absolute atomic E-state index is 0.632. The van der Waals surface area contributed by atoms with Crippen molar-refractivity contribution in [2.24, 2.45) is 0 Å². The zero-order valence-corrected chi connectivity index (χ0v) is 11.2. The van der Waals surface area contributed by atoms with Crippen LogP contribution in [0.5, 0.6) is 0 Å². The summed E-state index contributed by atoms with van der Waals surface area (Å²) in [6.07, 6.45) is 2.52. The summed E-state index contributed by atoms with van der Waals surface area (Å²) in [5.74, 6) is 0.672. The van der Waals surface area contributed by atoms with Crippen LogP contribution in [0.2, 0.25) is 8.67 Å². The Hall–Kier alpha value is -0.550. The van der Waals surface area contributed by atoms with Crippen LogP contribution in [0.4, 0.5) is 0 Å². The normalized spacial score (nSPS) is 15.4. The van der Waals surface area contributed by atoms with E-state index in [0.717, 1.165) is 17.8 Å². The Morgan fingerprint density at radius 2 is 2.24 bits per heavy atom. The third-order valence-electron chi connectivity index (χ3n) is 2.63. The minimum atomic E-state index is 0.632. The fourth-order valence-electron chi connectivity index (χ4n) is 1.57. The monoisotopic (exact) mass is 288 g/mol. The van der Waals surface area contributed by atoms with E-state index in [2.05, 4.69) is 10.5 Å². The van der Waals surface area contributed by atoms with Crippen LogP contribution in [-0.4, -0.2) is 11.2 Å². The van der Waals surface area contributed by atoms with E-state index in [1.54, 1.807) is 6.07 Å². The van der Waals surface area contributed by atoms with Crippen LogP contribution in [0.25, 0.3) is 11.3 Å². The van der Waals surface area contributed by atoms with Crippen LogP contribution < -0.4 is 5.32 Å². The van der Waals surface area contributed by atoms with Crippen molar-refractivity contribution < 1.29 is 4.52 Å². The van der Waals surface area contributed by atoms with Crippen LogP contribution in [-0.2, 0) is 6.54 Å². The molecule has 17 heavy (non-hydrogen) atoms. The van der Waals surface area contributed by atoms with E-state index in [4.69, 9.17) is 27.7 Å². The lowest BCUT2D eigenvalue weighted by molar-refractivity contribution is 0.420. The number of nitrogens with zero attached hydrogens (tertiary/aromatic N) is 1. The molecule has 1 saturated carbocycles. The molecule has 0 aromatic carbocycles. The lowest BCUT2D eigenvalue weighted by Crippen LogP contribution is -2.15. The van der Waals surface area contributed by atoms with Gasteiger partial charge in [-0.25, -0.2) is 0 Å². The summed E-state index contributed by atoms with van der Waals surface area (Å²) in [5.41, 5.74) is 1.71. The highest BCUT2D eigenvalue weighted by atomic mass is 35.5. The lowest BCUT2D eigenvalue weighted by atomic mass is 10.2. The molecule has 0 radical (unpaired) electrons. The summed E-state index contributed by atoms with van der Waals surface area (Å²) in [6, 6.07) is 4.36. The third kappa shape index (κ3) is 2.65. The number of aromatic nitrogens is 1. The highest BCUT2D eigenvalue weighted by molar-refractivity contribution is 7.20. The van der Waals surface area contributed by atoms with E-state index in [0.29, 0.717) is 20.5 Å². The highest BCUT2D eigenvalue weighted by Gasteiger charge is 2.21. The molecule has 0 saturated heterocycles. The van der Waals surface area contributed by atoms with Crippen molar-refractivity contribution in [2.75, 3.05) is 0 Å². The van der Waals surface area contributed by atoms with Crippen molar-refractivity contribution in [3.05, 3.63) is 26.5 Å². The fourth-order valence-corrected chi connectivity index (χ4v) is 3.04. The quantitative estimate of drug-likeness (QED) is 0.925. The molecule has 1 aliphatic rings. The maximum Gasteiger partial charge on any atom is 0.169 e. The Labute approximate surface area is 113 Å². The topological polar surface area (TPSA) is 38.1 Å². The van der Waals surface area contributed by atoms with Gasteiger partial charge in [0, 0.05) is 18.7 Å². The number of rotatable bonds is 4. The molecule has 1 N–H and O–H groups in total. The summed E-state index contributed by atoms with van der Waals surface area (Å²) in [5, 5.41) is 7.39. The smallest absolute Gasteiger partial charge is 0.169 e. The largest absolute Gasteiger partial charge is 0.356 e. The van der Waals surface area contributed by atoms with Gasteiger partial charge in [-0.3, -0.25) is 0 Å². The van der Waals surface area contributed by atoms with E-state index < -0.39 is 0 Å². The van der Waals surface area contributed by atoms with Gasteiger partial charge in [0.05, 0.1) is 15.6 Å². The third-order valence-corrected chi connectivity index (χ3v) is 4.12. The van der Waals surface area contributed by atoms with Crippen LogP contribution in [0.15, 0.2) is 16.7 Å². The maximum atomic E-state index is 6.06. The first-order valence-corrected chi connectivity index (χ1v) is 6.94. The number of halogens is 2. The molecule has 0 spiro atoms. The highest BCUT2D eigenvalue weighted by Crippen LogP contribution is 2.38. The van der Waals surface area contributed by atoms with Crippen LogP contribution >= 0.6 is 34.5 Å². The van der Waals surface area contributed by atoms with Gasteiger partial charge in [-0.1, -0.05) is 28.4 Å². The standard InChI is InChI=1S/C11H10Cl2N2OS/c12-10-4-8(11(13)17-10)9-3-7(15-16-9)5-14-6-1-2-6/h3-4,6,14H,1-2,5H2. The fraction of sp³-hybridized carbons (Fsp3) is 0.364. The molecule has 2 aromatic heterocycles. The van der Waals surface area contributed by atoms with E-state index in [9.17, 15) is 0 Å². The number of hydrogen-bond donors (Lipinski definition) is 1. The second kappa shape index (κ2) is 4.61. The first kappa shape index (κ1) is 11.5. The van der Waals surface area contributed by atoms with Crippen LogP contribution in [0.3, 0.4) is 0 Å². The summed E-state index contributed by atoms with van der Waals surface area (Å²) < 4.78 is 6.56. The zero-order chi connectivity index (χ0) is 11.8. The molecule has 3 nitrogen and oxygen atoms in total. The SMILES string of the molecule is Clc1cc(-c2cc(CNC3CC3)no2)c(Cl)s1. The Morgan fingerprint density at radius 1 is 1.41 bits per heavy atom. The van der Waals surface area contributed by atoms with Gasteiger partial charge in [0.25, 0.3) is 0 Å². The summed E-state index contributed by atoms with van der Waals surface area (Å²) >= 11 is 13.3. The maximum absolute atomic E-state index is 6.06. The summed E-state index contributed by atoms with van der Waals surface area (Å²) in [6.45, 7) is 0.740. The molecule has 2 aromatic rings. The molecule has 1 fully saturated rings. The minimum Gasteiger partial charge on any atom is -0.356 e. The van der Waals surface area contributed by atoms with Gasteiger partial charge in [-0.15, -0.1) is 11.3 Å². The average molecular weight is 289 g/mol. The van der Waals surface area contributed by atoms with Crippen molar-refractivity contribution in [3.8, 4) is 11.3 Å². The van der Waals surface area contributed by atoms with Gasteiger partial charge < -0.3 is 9.84 Å². The number of nitrogens with one attached hydrogen (secondary N) is 1. The van der Waals surface area contributed by atoms with Crippen molar-refractivity contribution in [3.63, 3.8) is 0 Å². The summed E-state index contributed by atoms with van der Waals surface area (Å²) in [7, 11) is 0. The molecule has 1 aliphatic carbocycles. The van der Waals surface area contributed by atoms with Gasteiger partial charge in [-0.2, -0.15) is 0 Å². The molecule has 3 rings (SSSR count). The molecule has 90 valence electrons. The Kier molecular flexibility index (Phi) is 3.13. The molecule has 6 heteroatoms. The first-order valence-electron chi connectivity index (χ1n) is 5.36. The molecule has 0 atom stereocenters. The Bertz CT molecular complexity index is 533.